The van der Waals surface area contributed by atoms with Crippen molar-refractivity contribution in [3.8, 4) is 0 Å². The molecule has 1 unspecified atom stereocenters. The predicted octanol–water partition coefficient (Wildman–Crippen LogP) is 5.58. The average molecular weight is 485 g/mol. The fourth-order valence-electron chi connectivity index (χ4n) is 4.42. The van der Waals surface area contributed by atoms with E-state index in [0.29, 0.717) is 23.6 Å². The zero-order chi connectivity index (χ0) is 24.2. The molecular formula is C29H28N2O3S. The molecule has 0 radical (unpaired) electrons. The molecule has 0 saturated carbocycles. The summed E-state index contributed by atoms with van der Waals surface area (Å²) in [5.41, 5.74) is 4.47. The Labute approximate surface area is 210 Å². The van der Waals surface area contributed by atoms with Gasteiger partial charge in [-0.3, -0.25) is 9.59 Å². The van der Waals surface area contributed by atoms with Gasteiger partial charge in [0.15, 0.2) is 0 Å². The van der Waals surface area contributed by atoms with Crippen molar-refractivity contribution >= 4 is 35.3 Å². The van der Waals surface area contributed by atoms with Gasteiger partial charge in [0.25, 0.3) is 11.8 Å². The Hall–Kier alpha value is -3.35. The number of carbonyl (C=O) groups excluding carboxylic acids is 2. The van der Waals surface area contributed by atoms with Crippen LogP contribution < -0.4 is 10.2 Å². The van der Waals surface area contributed by atoms with Crippen molar-refractivity contribution in [2.24, 2.45) is 0 Å². The van der Waals surface area contributed by atoms with Crippen molar-refractivity contribution in [3.63, 3.8) is 0 Å². The first-order chi connectivity index (χ1) is 17.1. The lowest BCUT2D eigenvalue weighted by atomic mass is 10.1. The van der Waals surface area contributed by atoms with Gasteiger partial charge >= 0.3 is 0 Å². The zero-order valence-electron chi connectivity index (χ0n) is 19.7. The van der Waals surface area contributed by atoms with Crippen LogP contribution in [-0.2, 0) is 16.1 Å². The Morgan fingerprint density at radius 1 is 1.11 bits per heavy atom. The van der Waals surface area contributed by atoms with Gasteiger partial charge in [-0.15, -0.1) is 0 Å². The van der Waals surface area contributed by atoms with Crippen molar-refractivity contribution in [3.05, 3.63) is 100.0 Å². The molecule has 1 fully saturated rings. The molecule has 1 N–H and O–H groups in total. The Morgan fingerprint density at radius 2 is 1.97 bits per heavy atom. The van der Waals surface area contributed by atoms with Gasteiger partial charge in [-0.25, -0.2) is 0 Å². The molecular weight excluding hydrogens is 456 g/mol. The van der Waals surface area contributed by atoms with Gasteiger partial charge in [-0.2, -0.15) is 0 Å². The highest BCUT2D eigenvalue weighted by molar-refractivity contribution is 8.04. The first-order valence-electron chi connectivity index (χ1n) is 11.9. The SMILES string of the molecule is Cc1cccc(CN2C(=O)C(=Cc3ccccc3)Sc3ccc(C(=O)NCC4CCCO4)cc32)c1. The lowest BCUT2D eigenvalue weighted by molar-refractivity contribution is -0.114. The quantitative estimate of drug-likeness (QED) is 0.464. The number of benzene rings is 3. The normalized spacial score (nSPS) is 18.5. The van der Waals surface area contributed by atoms with Crippen LogP contribution in [0, 0.1) is 6.92 Å². The molecule has 3 aromatic rings. The summed E-state index contributed by atoms with van der Waals surface area (Å²) in [7, 11) is 0. The average Bonchev–Trinajstić information content (AvgIpc) is 3.39. The molecule has 2 amide bonds. The first kappa shape index (κ1) is 23.4. The van der Waals surface area contributed by atoms with E-state index in [4.69, 9.17) is 4.74 Å². The number of nitrogens with one attached hydrogen (secondary N) is 1. The monoisotopic (exact) mass is 484 g/mol. The molecule has 0 bridgehead atoms. The van der Waals surface area contributed by atoms with Crippen molar-refractivity contribution in [1.29, 1.82) is 0 Å². The van der Waals surface area contributed by atoms with Gasteiger partial charge in [-0.1, -0.05) is 71.9 Å². The second-order valence-corrected chi connectivity index (χ2v) is 10.0. The summed E-state index contributed by atoms with van der Waals surface area (Å²) >= 11 is 1.45. The minimum Gasteiger partial charge on any atom is -0.376 e. The van der Waals surface area contributed by atoms with Crippen LogP contribution in [0.25, 0.3) is 6.08 Å². The summed E-state index contributed by atoms with van der Waals surface area (Å²) in [4.78, 5) is 30.0. The Morgan fingerprint density at radius 3 is 2.74 bits per heavy atom. The van der Waals surface area contributed by atoms with Crippen LogP contribution >= 0.6 is 11.8 Å². The van der Waals surface area contributed by atoms with E-state index in [1.165, 1.54) is 11.8 Å². The van der Waals surface area contributed by atoms with Crippen molar-refractivity contribution < 1.29 is 14.3 Å². The lowest BCUT2D eigenvalue weighted by Crippen LogP contribution is -2.35. The number of hydrogen-bond donors (Lipinski definition) is 1. The molecule has 5 nitrogen and oxygen atoms in total. The number of aryl methyl sites for hydroxylation is 1. The minimum atomic E-state index is -0.151. The zero-order valence-corrected chi connectivity index (χ0v) is 20.5. The lowest BCUT2D eigenvalue weighted by Gasteiger charge is -2.31. The summed E-state index contributed by atoms with van der Waals surface area (Å²) < 4.78 is 5.62. The van der Waals surface area contributed by atoms with Gasteiger partial charge in [-0.05, 0) is 55.2 Å². The maximum atomic E-state index is 13.7. The Bertz CT molecular complexity index is 1270. The van der Waals surface area contributed by atoms with E-state index >= 15 is 0 Å². The molecule has 2 aliphatic heterocycles. The summed E-state index contributed by atoms with van der Waals surface area (Å²) in [6.45, 7) is 3.73. The highest BCUT2D eigenvalue weighted by Crippen LogP contribution is 2.43. The summed E-state index contributed by atoms with van der Waals surface area (Å²) in [5, 5.41) is 2.99. The predicted molar refractivity (Wildman–Crippen MR) is 140 cm³/mol. The number of anilines is 1. The third-order valence-corrected chi connectivity index (χ3v) is 7.30. The molecule has 35 heavy (non-hydrogen) atoms. The van der Waals surface area contributed by atoms with Gasteiger partial charge in [0.05, 0.1) is 23.2 Å². The highest BCUT2D eigenvalue weighted by Gasteiger charge is 2.30. The maximum absolute atomic E-state index is 13.7. The van der Waals surface area contributed by atoms with E-state index in [2.05, 4.69) is 11.4 Å². The van der Waals surface area contributed by atoms with Crippen molar-refractivity contribution in [1.82, 2.24) is 5.32 Å². The summed E-state index contributed by atoms with van der Waals surface area (Å²) in [6, 6.07) is 23.6. The third kappa shape index (κ3) is 5.50. The molecule has 0 aromatic heterocycles. The van der Waals surface area contributed by atoms with Crippen LogP contribution in [0.3, 0.4) is 0 Å². The van der Waals surface area contributed by atoms with Gasteiger partial charge in [0.2, 0.25) is 0 Å². The number of rotatable bonds is 6. The van der Waals surface area contributed by atoms with Crippen molar-refractivity contribution in [2.45, 2.75) is 37.3 Å². The molecule has 1 atom stereocenters. The van der Waals surface area contributed by atoms with E-state index in [1.807, 2.05) is 79.7 Å². The third-order valence-electron chi connectivity index (χ3n) is 6.22. The van der Waals surface area contributed by atoms with Crippen LogP contribution in [0.4, 0.5) is 5.69 Å². The van der Waals surface area contributed by atoms with Crippen LogP contribution in [-0.4, -0.2) is 31.1 Å². The fraction of sp³-hybridized carbons (Fsp3) is 0.241. The largest absolute Gasteiger partial charge is 0.376 e. The highest BCUT2D eigenvalue weighted by atomic mass is 32.2. The molecule has 1 saturated heterocycles. The van der Waals surface area contributed by atoms with Crippen molar-refractivity contribution in [2.75, 3.05) is 18.1 Å². The molecule has 2 aliphatic rings. The molecule has 3 aromatic carbocycles. The van der Waals surface area contributed by atoms with Gasteiger partial charge in [0, 0.05) is 23.6 Å². The number of hydrogen-bond acceptors (Lipinski definition) is 4. The van der Waals surface area contributed by atoms with Crippen LogP contribution in [0.2, 0.25) is 0 Å². The second-order valence-electron chi connectivity index (χ2n) is 8.93. The maximum Gasteiger partial charge on any atom is 0.265 e. The number of ether oxygens (including phenoxy) is 1. The number of fused-ring (bicyclic) bond motifs is 1. The van der Waals surface area contributed by atoms with Crippen LogP contribution in [0.5, 0.6) is 0 Å². The summed E-state index contributed by atoms with van der Waals surface area (Å²) in [5.74, 6) is -0.216. The smallest absolute Gasteiger partial charge is 0.265 e. The van der Waals surface area contributed by atoms with E-state index in [0.717, 1.165) is 46.7 Å². The summed E-state index contributed by atoms with van der Waals surface area (Å²) in [6.07, 6.45) is 4.01. The van der Waals surface area contributed by atoms with E-state index in [1.54, 1.807) is 4.90 Å². The molecule has 0 aliphatic carbocycles. The Balaban J connectivity index is 1.46. The number of thioether (sulfide) groups is 1. The minimum absolute atomic E-state index is 0.0650. The van der Waals surface area contributed by atoms with E-state index < -0.39 is 0 Å². The van der Waals surface area contributed by atoms with E-state index in [-0.39, 0.29) is 17.9 Å². The number of amides is 2. The molecule has 5 rings (SSSR count). The second kappa shape index (κ2) is 10.5. The Kier molecular flexibility index (Phi) is 7.02. The topological polar surface area (TPSA) is 58.6 Å². The molecule has 178 valence electrons. The number of nitrogens with zero attached hydrogens (tertiary/aromatic N) is 1. The number of carbonyl (C=O) groups is 2. The molecule has 6 heteroatoms. The van der Waals surface area contributed by atoms with Crippen LogP contribution in [0.15, 0.2) is 82.6 Å². The molecule has 0 spiro atoms. The molecule has 2 heterocycles. The van der Waals surface area contributed by atoms with E-state index in [9.17, 15) is 9.59 Å². The first-order valence-corrected chi connectivity index (χ1v) is 12.7. The van der Waals surface area contributed by atoms with Crippen LogP contribution in [0.1, 0.15) is 39.9 Å². The van der Waals surface area contributed by atoms with Gasteiger partial charge < -0.3 is 15.0 Å². The fourth-order valence-corrected chi connectivity index (χ4v) is 5.46. The standard InChI is InChI=1S/C29H28N2O3S/c1-20-7-5-10-22(15-20)19-31-25-17-23(28(32)30-18-24-11-6-14-34-24)12-13-26(25)35-27(29(31)33)16-21-8-3-2-4-9-21/h2-5,7-10,12-13,15-17,24H,6,11,14,18-19H2,1H3,(H,30,32). The van der Waals surface area contributed by atoms with Gasteiger partial charge in [0.1, 0.15) is 0 Å².